The van der Waals surface area contributed by atoms with E-state index in [1.54, 1.807) is 29.1 Å². The van der Waals surface area contributed by atoms with E-state index in [1.807, 2.05) is 36.4 Å². The first kappa shape index (κ1) is 14.5. The first-order valence-corrected chi connectivity index (χ1v) is 7.64. The van der Waals surface area contributed by atoms with E-state index in [0.717, 1.165) is 16.7 Å². The number of anilines is 1. The van der Waals surface area contributed by atoms with Gasteiger partial charge >= 0.3 is 0 Å². The molecule has 0 aliphatic rings. The third kappa shape index (κ3) is 2.75. The van der Waals surface area contributed by atoms with Crippen molar-refractivity contribution in [2.24, 2.45) is 0 Å². The standard InChI is InChI=1S/C17H12ClN5O/c18-11-4-3-5-12(10-11)23-9-8-15(22-23)16(24)21-17-19-13-6-1-2-7-14(13)20-17/h1-10H,(H2,19,20,21,24). The lowest BCUT2D eigenvalue weighted by Gasteiger charge is -2.01. The van der Waals surface area contributed by atoms with Crippen molar-refractivity contribution in [3.63, 3.8) is 0 Å². The van der Waals surface area contributed by atoms with Crippen molar-refractivity contribution >= 4 is 34.5 Å². The van der Waals surface area contributed by atoms with Crippen LogP contribution < -0.4 is 5.32 Å². The Morgan fingerprint density at radius 2 is 2.00 bits per heavy atom. The molecule has 0 saturated heterocycles. The van der Waals surface area contributed by atoms with Crippen LogP contribution in [-0.4, -0.2) is 25.7 Å². The fourth-order valence-electron chi connectivity index (χ4n) is 2.39. The van der Waals surface area contributed by atoms with Gasteiger partial charge in [0.1, 0.15) is 0 Å². The van der Waals surface area contributed by atoms with Crippen LogP contribution in [0.5, 0.6) is 0 Å². The summed E-state index contributed by atoms with van der Waals surface area (Å²) in [6.07, 6.45) is 1.71. The predicted octanol–water partition coefficient (Wildman–Crippen LogP) is 3.65. The molecule has 6 nitrogen and oxygen atoms in total. The lowest BCUT2D eigenvalue weighted by atomic mass is 10.3. The van der Waals surface area contributed by atoms with Crippen LogP contribution in [0.2, 0.25) is 5.02 Å². The van der Waals surface area contributed by atoms with Crippen LogP contribution in [0.15, 0.2) is 60.8 Å². The highest BCUT2D eigenvalue weighted by Gasteiger charge is 2.12. The molecule has 0 unspecified atom stereocenters. The van der Waals surface area contributed by atoms with Crippen LogP contribution in [0.4, 0.5) is 5.95 Å². The molecule has 2 aromatic carbocycles. The van der Waals surface area contributed by atoms with Crippen molar-refractivity contribution in [1.29, 1.82) is 0 Å². The van der Waals surface area contributed by atoms with Crippen molar-refractivity contribution in [3.8, 4) is 5.69 Å². The number of para-hydroxylation sites is 2. The summed E-state index contributed by atoms with van der Waals surface area (Å²) < 4.78 is 1.60. The molecule has 0 aliphatic carbocycles. The first-order valence-electron chi connectivity index (χ1n) is 7.27. The van der Waals surface area contributed by atoms with Crippen LogP contribution in [0.3, 0.4) is 0 Å². The van der Waals surface area contributed by atoms with Crippen LogP contribution in [0, 0.1) is 0 Å². The van der Waals surface area contributed by atoms with E-state index >= 15 is 0 Å². The molecule has 0 aliphatic heterocycles. The van der Waals surface area contributed by atoms with Crippen molar-refractivity contribution in [2.75, 3.05) is 5.32 Å². The molecule has 0 spiro atoms. The number of carbonyl (C=O) groups is 1. The van der Waals surface area contributed by atoms with E-state index < -0.39 is 0 Å². The molecular weight excluding hydrogens is 326 g/mol. The Bertz CT molecular complexity index is 1000. The fraction of sp³-hybridized carbons (Fsp3) is 0. The number of carbonyl (C=O) groups excluding carboxylic acids is 1. The summed E-state index contributed by atoms with van der Waals surface area (Å²) in [5, 5.41) is 7.60. The molecule has 118 valence electrons. The van der Waals surface area contributed by atoms with E-state index in [9.17, 15) is 4.79 Å². The van der Waals surface area contributed by atoms with Gasteiger partial charge in [0.05, 0.1) is 16.7 Å². The van der Waals surface area contributed by atoms with Crippen LogP contribution in [0.1, 0.15) is 10.5 Å². The number of hydrogen-bond acceptors (Lipinski definition) is 3. The normalized spacial score (nSPS) is 10.9. The summed E-state index contributed by atoms with van der Waals surface area (Å²) in [4.78, 5) is 19.7. The Labute approximate surface area is 142 Å². The molecule has 0 radical (unpaired) electrons. The summed E-state index contributed by atoms with van der Waals surface area (Å²) >= 11 is 5.98. The van der Waals surface area contributed by atoms with Crippen molar-refractivity contribution in [2.45, 2.75) is 0 Å². The van der Waals surface area contributed by atoms with Crippen LogP contribution >= 0.6 is 11.6 Å². The predicted molar refractivity (Wildman–Crippen MR) is 92.6 cm³/mol. The lowest BCUT2D eigenvalue weighted by Crippen LogP contribution is -2.14. The van der Waals surface area contributed by atoms with Crippen LogP contribution in [-0.2, 0) is 0 Å². The van der Waals surface area contributed by atoms with Gasteiger partial charge < -0.3 is 4.98 Å². The second kappa shape index (κ2) is 5.82. The number of benzene rings is 2. The summed E-state index contributed by atoms with van der Waals surface area (Å²) in [6, 6.07) is 16.4. The molecule has 4 rings (SSSR count). The Kier molecular flexibility index (Phi) is 3.51. The van der Waals surface area contributed by atoms with Crippen molar-refractivity contribution < 1.29 is 4.79 Å². The van der Waals surface area contributed by atoms with Crippen molar-refractivity contribution in [1.82, 2.24) is 19.7 Å². The van der Waals surface area contributed by atoms with Gasteiger partial charge in [-0.3, -0.25) is 10.1 Å². The third-order valence-electron chi connectivity index (χ3n) is 3.52. The molecule has 2 heterocycles. The molecule has 7 heteroatoms. The number of hydrogen-bond donors (Lipinski definition) is 2. The van der Waals surface area contributed by atoms with Gasteiger partial charge in [-0.2, -0.15) is 5.10 Å². The minimum atomic E-state index is -0.338. The van der Waals surface area contributed by atoms with E-state index in [2.05, 4.69) is 20.4 Å². The highest BCUT2D eigenvalue weighted by Crippen LogP contribution is 2.16. The molecule has 24 heavy (non-hydrogen) atoms. The maximum Gasteiger partial charge on any atom is 0.278 e. The Balaban J connectivity index is 1.56. The summed E-state index contributed by atoms with van der Waals surface area (Å²) in [7, 11) is 0. The van der Waals surface area contributed by atoms with E-state index in [0.29, 0.717) is 11.0 Å². The maximum absolute atomic E-state index is 12.3. The molecule has 0 bridgehead atoms. The summed E-state index contributed by atoms with van der Waals surface area (Å²) in [5.74, 6) is 0.0494. The number of fused-ring (bicyclic) bond motifs is 1. The quantitative estimate of drug-likeness (QED) is 0.599. The van der Waals surface area contributed by atoms with Gasteiger partial charge in [0.2, 0.25) is 5.95 Å². The van der Waals surface area contributed by atoms with Gasteiger partial charge in [-0.15, -0.1) is 0 Å². The minimum absolute atomic E-state index is 0.287. The van der Waals surface area contributed by atoms with E-state index in [4.69, 9.17) is 11.6 Å². The van der Waals surface area contributed by atoms with E-state index in [1.165, 1.54) is 0 Å². The first-order chi connectivity index (χ1) is 11.7. The third-order valence-corrected chi connectivity index (χ3v) is 3.75. The Hall–Kier alpha value is -3.12. The molecule has 0 fully saturated rings. The van der Waals surface area contributed by atoms with Gasteiger partial charge in [0.15, 0.2) is 5.69 Å². The average molecular weight is 338 g/mol. The monoisotopic (exact) mass is 337 g/mol. The van der Waals surface area contributed by atoms with Gasteiger partial charge in [-0.1, -0.05) is 29.8 Å². The van der Waals surface area contributed by atoms with Crippen molar-refractivity contribution in [3.05, 3.63) is 71.5 Å². The largest absolute Gasteiger partial charge is 0.324 e. The summed E-state index contributed by atoms with van der Waals surface area (Å²) in [5.41, 5.74) is 2.72. The SMILES string of the molecule is O=C(Nc1nc2ccccc2[nH]1)c1ccn(-c2cccc(Cl)c2)n1. The second-order valence-electron chi connectivity index (χ2n) is 5.18. The number of aromatic amines is 1. The zero-order valence-electron chi connectivity index (χ0n) is 12.4. The molecule has 1 amide bonds. The van der Waals surface area contributed by atoms with Gasteiger partial charge in [0, 0.05) is 11.2 Å². The number of aromatic nitrogens is 4. The zero-order chi connectivity index (χ0) is 16.5. The number of nitrogens with zero attached hydrogens (tertiary/aromatic N) is 3. The van der Waals surface area contributed by atoms with Gasteiger partial charge in [-0.25, -0.2) is 9.67 Å². The lowest BCUT2D eigenvalue weighted by molar-refractivity contribution is 0.102. The number of halogens is 1. The smallest absolute Gasteiger partial charge is 0.278 e. The summed E-state index contributed by atoms with van der Waals surface area (Å²) in [6.45, 7) is 0. The average Bonchev–Trinajstić information content (AvgIpc) is 3.21. The van der Waals surface area contributed by atoms with Crippen LogP contribution in [0.25, 0.3) is 16.7 Å². The number of rotatable bonds is 3. The van der Waals surface area contributed by atoms with Gasteiger partial charge in [0.25, 0.3) is 5.91 Å². The molecule has 0 atom stereocenters. The molecule has 2 N–H and O–H groups in total. The second-order valence-corrected chi connectivity index (χ2v) is 5.62. The highest BCUT2D eigenvalue weighted by molar-refractivity contribution is 6.30. The zero-order valence-corrected chi connectivity index (χ0v) is 13.2. The fourth-order valence-corrected chi connectivity index (χ4v) is 2.58. The molecule has 4 aromatic rings. The number of imidazole rings is 1. The van der Waals surface area contributed by atoms with E-state index in [-0.39, 0.29) is 11.6 Å². The topological polar surface area (TPSA) is 75.6 Å². The Morgan fingerprint density at radius 1 is 1.12 bits per heavy atom. The minimum Gasteiger partial charge on any atom is -0.324 e. The highest BCUT2D eigenvalue weighted by atomic mass is 35.5. The number of amides is 1. The van der Waals surface area contributed by atoms with Gasteiger partial charge in [-0.05, 0) is 36.4 Å². The maximum atomic E-state index is 12.3. The number of H-pyrrole nitrogens is 1. The number of nitrogens with one attached hydrogen (secondary N) is 2. The molecule has 0 saturated carbocycles. The Morgan fingerprint density at radius 3 is 2.83 bits per heavy atom. The molecule has 2 aromatic heterocycles. The molecular formula is C17H12ClN5O.